The molecule has 1 aliphatic rings. The van der Waals surface area contributed by atoms with Crippen molar-refractivity contribution in [2.24, 2.45) is 10.7 Å². The lowest BCUT2D eigenvalue weighted by molar-refractivity contribution is -0.113. The van der Waals surface area contributed by atoms with Crippen LogP contribution in [0.1, 0.15) is 12.5 Å². The van der Waals surface area contributed by atoms with Gasteiger partial charge in [-0.15, -0.1) is 0 Å². The highest BCUT2D eigenvalue weighted by Gasteiger charge is 2.19. The molecule has 1 aliphatic heterocycles. The van der Waals surface area contributed by atoms with Gasteiger partial charge in [-0.3, -0.25) is 4.79 Å². The van der Waals surface area contributed by atoms with Crippen LogP contribution in [0.2, 0.25) is 0 Å². The van der Waals surface area contributed by atoms with Gasteiger partial charge in [0.05, 0.1) is 11.5 Å². The number of thioether (sulfide) groups is 1. The fourth-order valence-corrected chi connectivity index (χ4v) is 2.94. The van der Waals surface area contributed by atoms with Crippen LogP contribution < -0.4 is 10.5 Å². The van der Waals surface area contributed by atoms with Crippen molar-refractivity contribution in [2.45, 2.75) is 6.92 Å². The van der Waals surface area contributed by atoms with Gasteiger partial charge in [0.25, 0.3) is 5.91 Å². The topological polar surface area (TPSA) is 64.7 Å². The quantitative estimate of drug-likeness (QED) is 0.884. The number of fused-ring (bicyclic) bond motifs is 1. The summed E-state index contributed by atoms with van der Waals surface area (Å²) in [4.78, 5) is 16.0. The van der Waals surface area contributed by atoms with Crippen molar-refractivity contribution >= 4 is 39.7 Å². The van der Waals surface area contributed by atoms with E-state index in [9.17, 15) is 4.79 Å². The van der Waals surface area contributed by atoms with Crippen LogP contribution >= 0.6 is 11.8 Å². The standard InChI is InChI=1S/C16H14N2O2S/c1-2-20-13-8-7-10(11-5-3-4-6-12(11)13)9-14-15(19)18-16(17)21-14/h3-9H,2H2,1H3,(H2,17,18,19). The van der Waals surface area contributed by atoms with Crippen LogP contribution in [0.25, 0.3) is 16.8 Å². The van der Waals surface area contributed by atoms with Gasteiger partial charge in [0.2, 0.25) is 0 Å². The van der Waals surface area contributed by atoms with E-state index >= 15 is 0 Å². The highest BCUT2D eigenvalue weighted by molar-refractivity contribution is 8.18. The summed E-state index contributed by atoms with van der Waals surface area (Å²) < 4.78 is 5.65. The molecule has 3 rings (SSSR count). The monoisotopic (exact) mass is 298 g/mol. The van der Waals surface area contributed by atoms with E-state index in [-0.39, 0.29) is 5.91 Å². The number of carbonyl (C=O) groups excluding carboxylic acids is 1. The molecule has 0 unspecified atom stereocenters. The third-order valence-corrected chi connectivity index (χ3v) is 3.95. The Morgan fingerprint density at radius 3 is 2.67 bits per heavy atom. The Kier molecular flexibility index (Phi) is 3.66. The SMILES string of the molecule is CCOc1ccc(C=C2SC(N)=NC2=O)c2ccccc12. The highest BCUT2D eigenvalue weighted by atomic mass is 32.2. The lowest BCUT2D eigenvalue weighted by atomic mass is 10.0. The number of hydrogen-bond acceptors (Lipinski definition) is 4. The maximum atomic E-state index is 11.7. The number of amidine groups is 1. The maximum absolute atomic E-state index is 11.7. The van der Waals surface area contributed by atoms with E-state index in [1.165, 1.54) is 11.8 Å². The van der Waals surface area contributed by atoms with E-state index in [4.69, 9.17) is 10.5 Å². The molecular weight excluding hydrogens is 284 g/mol. The Labute approximate surface area is 126 Å². The van der Waals surface area contributed by atoms with Crippen LogP contribution in [0.4, 0.5) is 0 Å². The molecule has 0 bridgehead atoms. The molecule has 0 atom stereocenters. The molecule has 1 heterocycles. The molecule has 0 saturated heterocycles. The Bertz CT molecular complexity index is 781. The van der Waals surface area contributed by atoms with Crippen LogP contribution in [0.5, 0.6) is 5.75 Å². The molecule has 0 aliphatic carbocycles. The molecule has 0 fully saturated rings. The fourth-order valence-electron chi connectivity index (χ4n) is 2.27. The third kappa shape index (κ3) is 2.64. The largest absolute Gasteiger partial charge is 0.493 e. The zero-order valence-corrected chi connectivity index (χ0v) is 12.3. The zero-order valence-electron chi connectivity index (χ0n) is 11.5. The smallest absolute Gasteiger partial charge is 0.286 e. The first-order chi connectivity index (χ1) is 10.2. The van der Waals surface area contributed by atoms with Crippen molar-refractivity contribution in [1.82, 2.24) is 0 Å². The molecule has 0 saturated carbocycles. The zero-order chi connectivity index (χ0) is 14.8. The van der Waals surface area contributed by atoms with Gasteiger partial charge in [0.1, 0.15) is 5.75 Å². The summed E-state index contributed by atoms with van der Waals surface area (Å²) in [5.41, 5.74) is 6.53. The van der Waals surface area contributed by atoms with E-state index in [2.05, 4.69) is 4.99 Å². The summed E-state index contributed by atoms with van der Waals surface area (Å²) in [5, 5.41) is 2.36. The van der Waals surface area contributed by atoms with Gasteiger partial charge in [0, 0.05) is 5.39 Å². The van der Waals surface area contributed by atoms with E-state index in [1.807, 2.05) is 49.4 Å². The van der Waals surface area contributed by atoms with Crippen molar-refractivity contribution in [3.05, 3.63) is 46.9 Å². The van der Waals surface area contributed by atoms with E-state index < -0.39 is 0 Å². The lowest BCUT2D eigenvalue weighted by Gasteiger charge is -2.09. The number of aliphatic imine (C=N–C) groups is 1. The summed E-state index contributed by atoms with van der Waals surface area (Å²) in [7, 11) is 0. The van der Waals surface area contributed by atoms with Crippen molar-refractivity contribution in [1.29, 1.82) is 0 Å². The van der Waals surface area contributed by atoms with Crippen LogP contribution in [-0.4, -0.2) is 17.7 Å². The average molecular weight is 298 g/mol. The molecule has 106 valence electrons. The fraction of sp³-hybridized carbons (Fsp3) is 0.125. The number of carbonyl (C=O) groups is 1. The molecule has 0 radical (unpaired) electrons. The Balaban J connectivity index is 2.11. The summed E-state index contributed by atoms with van der Waals surface area (Å²) in [6.07, 6.45) is 1.83. The Hall–Kier alpha value is -2.27. The van der Waals surface area contributed by atoms with Crippen molar-refractivity contribution in [2.75, 3.05) is 6.61 Å². The first-order valence-electron chi connectivity index (χ1n) is 6.61. The predicted molar refractivity (Wildman–Crippen MR) is 87.3 cm³/mol. The van der Waals surface area contributed by atoms with E-state index in [0.29, 0.717) is 16.7 Å². The van der Waals surface area contributed by atoms with Gasteiger partial charge in [-0.1, -0.05) is 30.3 Å². The lowest BCUT2D eigenvalue weighted by Crippen LogP contribution is -2.01. The summed E-state index contributed by atoms with van der Waals surface area (Å²) in [6, 6.07) is 11.8. The van der Waals surface area contributed by atoms with Crippen LogP contribution in [0, 0.1) is 0 Å². The number of nitrogens with zero attached hydrogens (tertiary/aromatic N) is 1. The minimum Gasteiger partial charge on any atom is -0.493 e. The molecule has 4 nitrogen and oxygen atoms in total. The Morgan fingerprint density at radius 1 is 1.24 bits per heavy atom. The normalized spacial score (nSPS) is 16.5. The van der Waals surface area contributed by atoms with Crippen LogP contribution in [0.3, 0.4) is 0 Å². The van der Waals surface area contributed by atoms with Gasteiger partial charge in [-0.25, -0.2) is 0 Å². The number of ether oxygens (including phenoxy) is 1. The number of nitrogens with two attached hydrogens (primary N) is 1. The molecule has 2 aromatic rings. The maximum Gasteiger partial charge on any atom is 0.286 e. The minimum absolute atomic E-state index is 0.282. The number of amides is 1. The molecule has 21 heavy (non-hydrogen) atoms. The van der Waals surface area contributed by atoms with Crippen LogP contribution in [-0.2, 0) is 4.79 Å². The second-order valence-electron chi connectivity index (χ2n) is 4.50. The number of hydrogen-bond donors (Lipinski definition) is 1. The van der Waals surface area contributed by atoms with E-state index in [1.54, 1.807) is 0 Å². The second-order valence-corrected chi connectivity index (χ2v) is 5.56. The summed E-state index contributed by atoms with van der Waals surface area (Å²) in [5.74, 6) is 0.562. The predicted octanol–water partition coefficient (Wildman–Crippen LogP) is 3.17. The third-order valence-electron chi connectivity index (χ3n) is 3.14. The molecule has 0 spiro atoms. The summed E-state index contributed by atoms with van der Waals surface area (Å²) in [6.45, 7) is 2.57. The molecule has 1 amide bonds. The van der Waals surface area contributed by atoms with Gasteiger partial charge >= 0.3 is 0 Å². The minimum atomic E-state index is -0.282. The van der Waals surface area contributed by atoms with Gasteiger partial charge in [-0.05, 0) is 41.8 Å². The molecule has 0 aromatic heterocycles. The second kappa shape index (κ2) is 5.61. The van der Waals surface area contributed by atoms with Gasteiger partial charge < -0.3 is 10.5 Å². The molecular formula is C16H14N2O2S. The van der Waals surface area contributed by atoms with Crippen molar-refractivity contribution < 1.29 is 9.53 Å². The van der Waals surface area contributed by atoms with Gasteiger partial charge in [0.15, 0.2) is 5.17 Å². The molecule has 5 heteroatoms. The number of benzene rings is 2. The molecule has 2 N–H and O–H groups in total. The van der Waals surface area contributed by atoms with Crippen molar-refractivity contribution in [3.8, 4) is 5.75 Å². The summed E-state index contributed by atoms with van der Waals surface area (Å²) >= 11 is 1.20. The van der Waals surface area contributed by atoms with Gasteiger partial charge in [-0.2, -0.15) is 4.99 Å². The number of rotatable bonds is 3. The first kappa shape index (κ1) is 13.7. The first-order valence-corrected chi connectivity index (χ1v) is 7.43. The Morgan fingerprint density at radius 2 is 2.00 bits per heavy atom. The average Bonchev–Trinajstić information content (AvgIpc) is 2.80. The highest BCUT2D eigenvalue weighted by Crippen LogP contribution is 2.32. The molecule has 2 aromatic carbocycles. The van der Waals surface area contributed by atoms with Crippen LogP contribution in [0.15, 0.2) is 46.3 Å². The van der Waals surface area contributed by atoms with E-state index in [0.717, 1.165) is 22.1 Å². The van der Waals surface area contributed by atoms with Crippen molar-refractivity contribution in [3.63, 3.8) is 0 Å².